The Morgan fingerprint density at radius 1 is 1.50 bits per heavy atom. The van der Waals surface area contributed by atoms with Gasteiger partial charge >= 0.3 is 5.97 Å². The van der Waals surface area contributed by atoms with E-state index in [1.807, 2.05) is 0 Å². The van der Waals surface area contributed by atoms with Crippen molar-refractivity contribution >= 4 is 12.3 Å². The van der Waals surface area contributed by atoms with Crippen LogP contribution in [0.25, 0.3) is 0 Å². The minimum absolute atomic E-state index is 0.218. The summed E-state index contributed by atoms with van der Waals surface area (Å²) >= 11 is 0. The lowest BCUT2D eigenvalue weighted by molar-refractivity contribution is 0.0695. The number of aromatic carboxylic acids is 1. The van der Waals surface area contributed by atoms with Crippen molar-refractivity contribution in [1.82, 2.24) is 0 Å². The first kappa shape index (κ1) is 10.2. The minimum atomic E-state index is -0.987. The molecule has 0 saturated heterocycles. The van der Waals surface area contributed by atoms with Crippen LogP contribution in [0, 0.1) is 0 Å². The number of rotatable bonds is 4. The van der Waals surface area contributed by atoms with Gasteiger partial charge in [-0.25, -0.2) is 4.79 Å². The van der Waals surface area contributed by atoms with Crippen LogP contribution in [0.1, 0.15) is 26.3 Å². The van der Waals surface area contributed by atoms with Gasteiger partial charge in [-0.2, -0.15) is 0 Å². The number of aldehydes is 1. The van der Waals surface area contributed by atoms with Gasteiger partial charge in [0.1, 0.15) is 6.29 Å². The maximum absolute atomic E-state index is 10.8. The molecule has 1 aromatic rings. The van der Waals surface area contributed by atoms with Gasteiger partial charge in [0.05, 0.1) is 5.56 Å². The lowest BCUT2D eigenvalue weighted by atomic mass is 10.0. The highest BCUT2D eigenvalue weighted by Gasteiger charge is 2.08. The third kappa shape index (κ3) is 2.07. The zero-order chi connectivity index (χ0) is 10.6. The Morgan fingerprint density at radius 2 is 2.21 bits per heavy atom. The van der Waals surface area contributed by atoms with Crippen LogP contribution in [0.4, 0.5) is 0 Å². The van der Waals surface area contributed by atoms with E-state index >= 15 is 0 Å². The Balaban J connectivity index is 3.22. The second kappa shape index (κ2) is 4.37. The second-order valence-corrected chi connectivity index (χ2v) is 2.83. The molecule has 14 heavy (non-hydrogen) atoms. The molecule has 0 aliphatic rings. The smallest absolute Gasteiger partial charge is 0.335 e. The molecular formula is C11H10O3. The van der Waals surface area contributed by atoms with Crippen LogP contribution in [-0.2, 0) is 6.42 Å². The summed E-state index contributed by atoms with van der Waals surface area (Å²) in [5.74, 6) is -0.987. The second-order valence-electron chi connectivity index (χ2n) is 2.83. The van der Waals surface area contributed by atoms with E-state index in [4.69, 9.17) is 5.11 Å². The molecular weight excluding hydrogens is 180 g/mol. The van der Waals surface area contributed by atoms with E-state index in [-0.39, 0.29) is 5.56 Å². The SMILES string of the molecule is C=CCc1cc(C=O)ccc1C(=O)O. The number of carboxylic acid groups (broad SMARTS) is 1. The zero-order valence-corrected chi connectivity index (χ0v) is 7.56. The van der Waals surface area contributed by atoms with Crippen LogP contribution in [0.3, 0.4) is 0 Å². The fourth-order valence-electron chi connectivity index (χ4n) is 1.22. The third-order valence-electron chi connectivity index (χ3n) is 1.86. The fraction of sp³-hybridized carbons (Fsp3) is 0.0909. The van der Waals surface area contributed by atoms with Gasteiger partial charge in [0.15, 0.2) is 0 Å². The number of carboxylic acids is 1. The highest BCUT2D eigenvalue weighted by molar-refractivity contribution is 5.90. The van der Waals surface area contributed by atoms with E-state index < -0.39 is 5.97 Å². The van der Waals surface area contributed by atoms with Crippen molar-refractivity contribution in [2.75, 3.05) is 0 Å². The summed E-state index contributed by atoms with van der Waals surface area (Å²) in [5, 5.41) is 8.83. The Kier molecular flexibility index (Phi) is 3.18. The predicted molar refractivity (Wildman–Crippen MR) is 52.7 cm³/mol. The molecule has 0 unspecified atom stereocenters. The van der Waals surface area contributed by atoms with E-state index in [1.165, 1.54) is 12.1 Å². The first-order valence-electron chi connectivity index (χ1n) is 4.11. The van der Waals surface area contributed by atoms with E-state index in [0.717, 1.165) is 0 Å². The molecule has 3 heteroatoms. The third-order valence-corrected chi connectivity index (χ3v) is 1.86. The fourth-order valence-corrected chi connectivity index (χ4v) is 1.22. The maximum Gasteiger partial charge on any atom is 0.335 e. The summed E-state index contributed by atoms with van der Waals surface area (Å²) < 4.78 is 0. The molecule has 0 amide bonds. The van der Waals surface area contributed by atoms with Crippen molar-refractivity contribution in [3.8, 4) is 0 Å². The number of hydrogen-bond donors (Lipinski definition) is 1. The number of hydrogen-bond acceptors (Lipinski definition) is 2. The van der Waals surface area contributed by atoms with Crippen LogP contribution in [0.15, 0.2) is 30.9 Å². The average molecular weight is 190 g/mol. The van der Waals surface area contributed by atoms with Gasteiger partial charge in [0, 0.05) is 5.56 Å². The largest absolute Gasteiger partial charge is 0.478 e. The summed E-state index contributed by atoms with van der Waals surface area (Å²) in [5.41, 5.74) is 1.31. The van der Waals surface area contributed by atoms with Crippen molar-refractivity contribution in [3.63, 3.8) is 0 Å². The summed E-state index contributed by atoms with van der Waals surface area (Å²) in [6.45, 7) is 3.53. The minimum Gasteiger partial charge on any atom is -0.478 e. The van der Waals surface area contributed by atoms with E-state index in [1.54, 1.807) is 12.1 Å². The monoisotopic (exact) mass is 190 g/mol. The highest BCUT2D eigenvalue weighted by atomic mass is 16.4. The molecule has 0 saturated carbocycles. The molecule has 0 fully saturated rings. The topological polar surface area (TPSA) is 54.4 Å². The molecule has 0 aromatic heterocycles. The van der Waals surface area contributed by atoms with Crippen LogP contribution in [0.5, 0.6) is 0 Å². The molecule has 0 bridgehead atoms. The Bertz CT molecular complexity index is 380. The first-order valence-corrected chi connectivity index (χ1v) is 4.11. The molecule has 3 nitrogen and oxygen atoms in total. The maximum atomic E-state index is 10.8. The van der Waals surface area contributed by atoms with Gasteiger partial charge in [-0.3, -0.25) is 4.79 Å². The molecule has 0 atom stereocenters. The zero-order valence-electron chi connectivity index (χ0n) is 7.56. The van der Waals surface area contributed by atoms with Crippen molar-refractivity contribution < 1.29 is 14.7 Å². The van der Waals surface area contributed by atoms with Gasteiger partial charge in [-0.05, 0) is 24.1 Å². The number of allylic oxidation sites excluding steroid dienone is 1. The molecule has 0 radical (unpaired) electrons. The molecule has 0 aliphatic carbocycles. The van der Waals surface area contributed by atoms with E-state index in [9.17, 15) is 9.59 Å². The van der Waals surface area contributed by atoms with Gasteiger partial charge < -0.3 is 5.11 Å². The summed E-state index contributed by atoms with van der Waals surface area (Å²) in [6.07, 6.45) is 2.75. The molecule has 1 N–H and O–H groups in total. The molecule has 72 valence electrons. The van der Waals surface area contributed by atoms with Crippen molar-refractivity contribution in [2.45, 2.75) is 6.42 Å². The average Bonchev–Trinajstić information content (AvgIpc) is 2.17. The van der Waals surface area contributed by atoms with Crippen molar-refractivity contribution in [2.24, 2.45) is 0 Å². The molecule has 0 aliphatic heterocycles. The van der Waals surface area contributed by atoms with Crippen LogP contribution in [-0.4, -0.2) is 17.4 Å². The predicted octanol–water partition coefficient (Wildman–Crippen LogP) is 1.93. The van der Waals surface area contributed by atoms with Gasteiger partial charge in [0.25, 0.3) is 0 Å². The normalized spacial score (nSPS) is 9.43. The standard InChI is InChI=1S/C11H10O3/c1-2-3-9-6-8(7-12)4-5-10(9)11(13)14/h2,4-7H,1,3H2,(H,13,14). The lowest BCUT2D eigenvalue weighted by Gasteiger charge is -2.03. The Labute approximate surface area is 81.7 Å². The molecule has 0 spiro atoms. The van der Waals surface area contributed by atoms with Crippen LogP contribution < -0.4 is 0 Å². The summed E-state index contributed by atoms with van der Waals surface area (Å²) in [6, 6.07) is 4.49. The molecule has 1 rings (SSSR count). The Hall–Kier alpha value is -1.90. The first-order chi connectivity index (χ1) is 6.69. The van der Waals surface area contributed by atoms with Crippen molar-refractivity contribution in [3.05, 3.63) is 47.5 Å². The van der Waals surface area contributed by atoms with Gasteiger partial charge in [0.2, 0.25) is 0 Å². The summed E-state index contributed by atoms with van der Waals surface area (Å²) in [7, 11) is 0. The van der Waals surface area contributed by atoms with Crippen molar-refractivity contribution in [1.29, 1.82) is 0 Å². The quantitative estimate of drug-likeness (QED) is 0.583. The molecule has 1 aromatic carbocycles. The highest BCUT2D eigenvalue weighted by Crippen LogP contribution is 2.12. The number of carbonyl (C=O) groups is 2. The van der Waals surface area contributed by atoms with Gasteiger partial charge in [-0.15, -0.1) is 6.58 Å². The molecule has 0 heterocycles. The van der Waals surface area contributed by atoms with Crippen LogP contribution >= 0.6 is 0 Å². The van der Waals surface area contributed by atoms with Crippen LogP contribution in [0.2, 0.25) is 0 Å². The van der Waals surface area contributed by atoms with E-state index in [2.05, 4.69) is 6.58 Å². The number of benzene rings is 1. The van der Waals surface area contributed by atoms with Gasteiger partial charge in [-0.1, -0.05) is 12.1 Å². The lowest BCUT2D eigenvalue weighted by Crippen LogP contribution is -2.02. The Morgan fingerprint density at radius 3 is 2.71 bits per heavy atom. The summed E-state index contributed by atoms with van der Waals surface area (Å²) in [4.78, 5) is 21.2. The number of carbonyl (C=O) groups excluding carboxylic acids is 1. The van der Waals surface area contributed by atoms with E-state index in [0.29, 0.717) is 23.8 Å².